The molecule has 1 amide bonds. The number of carbonyl (C=O) groups excluding carboxylic acids is 3. The minimum atomic E-state index is -4.17. The van der Waals surface area contributed by atoms with E-state index in [1.165, 1.54) is 0 Å². The molecule has 5 rings (SSSR count). The van der Waals surface area contributed by atoms with Crippen molar-refractivity contribution in [2.45, 2.75) is 41.3 Å². The third kappa shape index (κ3) is 5.88. The number of Topliss-reactive ketones (excluding diaryl/α,β-unsaturated/α-hetero) is 2. The maximum atomic E-state index is 13.9. The van der Waals surface area contributed by atoms with Gasteiger partial charge in [-0.15, -0.1) is 0 Å². The van der Waals surface area contributed by atoms with Crippen LogP contribution in [0.5, 0.6) is 0 Å². The molecule has 2 unspecified atom stereocenters. The van der Waals surface area contributed by atoms with Gasteiger partial charge in [0.15, 0.2) is 10.9 Å². The standard InChI is InChI=1S/C32H30N4O7S2/c1-32(2,3)21-10-6-19(7-11-21)27-26(28(37)20-8-12-22(13-9-20)34(4)5)29(38)30(39)35(27)31-33-18-25(44-31)45(42,43)24-16-14-23(15-17-24)36(40)41/h6-18,26-27H,1-5H3. The number of ketones is 2. The molecular weight excluding hydrogens is 617 g/mol. The van der Waals surface area contributed by atoms with Crippen molar-refractivity contribution in [1.82, 2.24) is 4.98 Å². The first-order valence-corrected chi connectivity index (χ1v) is 16.2. The summed E-state index contributed by atoms with van der Waals surface area (Å²) in [7, 11) is -0.457. The number of rotatable bonds is 8. The Morgan fingerprint density at radius 2 is 1.56 bits per heavy atom. The van der Waals surface area contributed by atoms with Crippen LogP contribution in [0.4, 0.5) is 16.5 Å². The zero-order chi connectivity index (χ0) is 32.8. The van der Waals surface area contributed by atoms with Crippen molar-refractivity contribution >= 4 is 55.2 Å². The molecule has 1 aromatic heterocycles. The number of non-ortho nitro benzene ring substituents is 1. The highest BCUT2D eigenvalue weighted by Crippen LogP contribution is 2.44. The number of nitrogens with zero attached hydrogens (tertiary/aromatic N) is 4. The number of nitro groups is 1. The molecule has 232 valence electrons. The zero-order valence-electron chi connectivity index (χ0n) is 25.1. The first-order chi connectivity index (χ1) is 21.1. The lowest BCUT2D eigenvalue weighted by atomic mass is 9.83. The molecule has 0 saturated carbocycles. The van der Waals surface area contributed by atoms with Crippen LogP contribution in [-0.4, -0.2) is 49.9 Å². The third-order valence-corrected chi connectivity index (χ3v) is 10.9. The van der Waals surface area contributed by atoms with E-state index in [4.69, 9.17) is 0 Å². The van der Waals surface area contributed by atoms with E-state index in [1.807, 2.05) is 51.9 Å². The van der Waals surface area contributed by atoms with E-state index >= 15 is 0 Å². The van der Waals surface area contributed by atoms with Crippen LogP contribution >= 0.6 is 11.3 Å². The maximum Gasteiger partial charge on any atom is 0.297 e. The molecule has 3 aromatic carbocycles. The van der Waals surface area contributed by atoms with Crippen LogP contribution in [0.2, 0.25) is 0 Å². The van der Waals surface area contributed by atoms with Gasteiger partial charge in [-0.1, -0.05) is 56.4 Å². The van der Waals surface area contributed by atoms with Gasteiger partial charge in [0.25, 0.3) is 11.6 Å². The van der Waals surface area contributed by atoms with E-state index in [9.17, 15) is 32.9 Å². The van der Waals surface area contributed by atoms with Gasteiger partial charge in [-0.25, -0.2) is 13.4 Å². The molecule has 11 nitrogen and oxygen atoms in total. The van der Waals surface area contributed by atoms with Crippen LogP contribution < -0.4 is 9.80 Å². The third-order valence-electron chi connectivity index (χ3n) is 7.68. The van der Waals surface area contributed by atoms with Crippen molar-refractivity contribution < 1.29 is 27.7 Å². The van der Waals surface area contributed by atoms with Crippen LogP contribution in [0, 0.1) is 16.0 Å². The molecule has 0 bridgehead atoms. The average Bonchev–Trinajstić information content (AvgIpc) is 3.60. The van der Waals surface area contributed by atoms with Crippen molar-refractivity contribution in [3.63, 3.8) is 0 Å². The van der Waals surface area contributed by atoms with E-state index in [-0.39, 0.29) is 30.9 Å². The smallest absolute Gasteiger partial charge is 0.297 e. The Morgan fingerprint density at radius 1 is 0.956 bits per heavy atom. The molecule has 0 N–H and O–H groups in total. The minimum Gasteiger partial charge on any atom is -0.378 e. The SMILES string of the molecule is CN(C)c1ccc(C(=O)C2C(=O)C(=O)N(c3ncc(S(=O)(=O)c4ccc([N+](=O)[O-])cc4)s3)C2c2ccc(C(C)(C)C)cc2)cc1. The second-order valence-corrected chi connectivity index (χ2v) is 15.0. The Labute approximate surface area is 264 Å². The second-order valence-electron chi connectivity index (χ2n) is 11.9. The van der Waals surface area contributed by atoms with Gasteiger partial charge in [0.05, 0.1) is 22.1 Å². The van der Waals surface area contributed by atoms with E-state index in [1.54, 1.807) is 36.4 Å². The van der Waals surface area contributed by atoms with Gasteiger partial charge in [-0.05, 0) is 52.9 Å². The number of aromatic nitrogens is 1. The molecule has 1 aliphatic heterocycles. The Hall–Kier alpha value is -4.75. The molecule has 0 radical (unpaired) electrons. The van der Waals surface area contributed by atoms with Gasteiger partial charge in [0, 0.05) is 37.5 Å². The van der Waals surface area contributed by atoms with Crippen LogP contribution in [-0.2, 0) is 24.8 Å². The van der Waals surface area contributed by atoms with Crippen LogP contribution in [0.15, 0.2) is 88.1 Å². The minimum absolute atomic E-state index is 0.0722. The van der Waals surface area contributed by atoms with Gasteiger partial charge >= 0.3 is 0 Å². The van der Waals surface area contributed by atoms with E-state index in [0.29, 0.717) is 16.9 Å². The quantitative estimate of drug-likeness (QED) is 0.0806. The second kappa shape index (κ2) is 11.6. The lowest BCUT2D eigenvalue weighted by molar-refractivity contribution is -0.384. The molecule has 1 saturated heterocycles. The molecule has 0 spiro atoms. The van der Waals surface area contributed by atoms with Crippen molar-refractivity contribution in [1.29, 1.82) is 0 Å². The Balaban J connectivity index is 1.58. The monoisotopic (exact) mass is 646 g/mol. The van der Waals surface area contributed by atoms with Crippen molar-refractivity contribution in [3.8, 4) is 0 Å². The fraction of sp³-hybridized carbons (Fsp3) is 0.250. The van der Waals surface area contributed by atoms with Crippen molar-refractivity contribution in [2.24, 2.45) is 5.92 Å². The molecule has 13 heteroatoms. The van der Waals surface area contributed by atoms with Gasteiger partial charge in [0.2, 0.25) is 15.6 Å². The Bertz CT molecular complexity index is 1910. The molecule has 1 aliphatic rings. The number of thiazole rings is 1. The highest BCUT2D eigenvalue weighted by Gasteiger charge is 2.53. The normalized spacial score (nSPS) is 17.0. The predicted octanol–water partition coefficient (Wildman–Crippen LogP) is 5.40. The summed E-state index contributed by atoms with van der Waals surface area (Å²) < 4.78 is 26.5. The predicted molar refractivity (Wildman–Crippen MR) is 170 cm³/mol. The molecule has 45 heavy (non-hydrogen) atoms. The van der Waals surface area contributed by atoms with Crippen molar-refractivity contribution in [2.75, 3.05) is 23.9 Å². The molecule has 4 aromatic rings. The lowest BCUT2D eigenvalue weighted by Gasteiger charge is -2.26. The summed E-state index contributed by atoms with van der Waals surface area (Å²) >= 11 is 0.672. The number of carbonyl (C=O) groups is 3. The number of sulfone groups is 1. The van der Waals surface area contributed by atoms with Gasteiger partial charge in [-0.3, -0.25) is 29.4 Å². The Morgan fingerprint density at radius 3 is 2.09 bits per heavy atom. The first kappa shape index (κ1) is 31.7. The topological polar surface area (TPSA) is 148 Å². The van der Waals surface area contributed by atoms with E-state index in [2.05, 4.69) is 4.98 Å². The number of nitro benzene ring substituents is 1. The van der Waals surface area contributed by atoms with Crippen molar-refractivity contribution in [3.05, 3.63) is 106 Å². The number of benzene rings is 3. The van der Waals surface area contributed by atoms with E-state index in [0.717, 1.165) is 46.6 Å². The Kier molecular flexibility index (Phi) is 8.19. The van der Waals surface area contributed by atoms with E-state index < -0.39 is 44.2 Å². The summed E-state index contributed by atoms with van der Waals surface area (Å²) in [6.07, 6.45) is 1.07. The fourth-order valence-corrected chi connectivity index (χ4v) is 7.67. The lowest BCUT2D eigenvalue weighted by Crippen LogP contribution is -2.30. The van der Waals surface area contributed by atoms with Gasteiger partial charge in [0.1, 0.15) is 10.1 Å². The number of hydrogen-bond acceptors (Lipinski definition) is 10. The molecule has 2 atom stereocenters. The summed E-state index contributed by atoms with van der Waals surface area (Å²) in [5, 5.41) is 10.9. The highest BCUT2D eigenvalue weighted by molar-refractivity contribution is 7.93. The fourth-order valence-electron chi connectivity index (χ4n) is 5.11. The summed E-state index contributed by atoms with van der Waals surface area (Å²) in [6, 6.07) is 17.3. The highest BCUT2D eigenvalue weighted by atomic mass is 32.2. The van der Waals surface area contributed by atoms with Crippen LogP contribution in [0.1, 0.15) is 48.3 Å². The summed E-state index contributed by atoms with van der Waals surface area (Å²) in [4.78, 5) is 58.5. The van der Waals surface area contributed by atoms with Crippen LogP contribution in [0.3, 0.4) is 0 Å². The largest absolute Gasteiger partial charge is 0.378 e. The summed E-state index contributed by atoms with van der Waals surface area (Å²) in [5.41, 5.74) is 2.17. The maximum absolute atomic E-state index is 13.9. The average molecular weight is 647 g/mol. The number of hydrogen-bond donors (Lipinski definition) is 0. The zero-order valence-corrected chi connectivity index (χ0v) is 26.8. The first-order valence-electron chi connectivity index (χ1n) is 13.9. The van der Waals surface area contributed by atoms with Gasteiger partial charge < -0.3 is 4.90 Å². The molecule has 0 aliphatic carbocycles. The molecule has 2 heterocycles. The van der Waals surface area contributed by atoms with Gasteiger partial charge in [-0.2, -0.15) is 0 Å². The molecular formula is C32H30N4O7S2. The number of anilines is 2. The number of amides is 1. The molecule has 1 fully saturated rings. The van der Waals surface area contributed by atoms with Crippen LogP contribution in [0.25, 0.3) is 0 Å². The summed E-state index contributed by atoms with van der Waals surface area (Å²) in [5.74, 6) is -3.84. The summed E-state index contributed by atoms with van der Waals surface area (Å²) in [6.45, 7) is 6.13.